The number of rotatable bonds is 7. The van der Waals surface area contributed by atoms with Crippen molar-refractivity contribution < 1.29 is 25.0 Å². The highest BCUT2D eigenvalue weighted by molar-refractivity contribution is 6.30. The van der Waals surface area contributed by atoms with Crippen molar-refractivity contribution in [2.45, 2.75) is 25.5 Å². The van der Waals surface area contributed by atoms with Gasteiger partial charge in [-0.25, -0.2) is 5.06 Å². The summed E-state index contributed by atoms with van der Waals surface area (Å²) in [4.78, 5) is 23.5. The molecular weight excluding hydrogens is 408 g/mol. The Labute approximate surface area is 179 Å². The van der Waals surface area contributed by atoms with E-state index in [0.717, 1.165) is 16.7 Å². The Bertz CT molecular complexity index is 919. The Kier molecular flexibility index (Phi) is 8.84. The molecule has 0 aliphatic heterocycles. The number of carbonyl (C=O) groups is 2. The molecule has 0 spiro atoms. The first-order chi connectivity index (χ1) is 14.3. The van der Waals surface area contributed by atoms with E-state index in [-0.39, 0.29) is 11.6 Å². The van der Waals surface area contributed by atoms with Gasteiger partial charge in [-0.2, -0.15) is 0 Å². The lowest BCUT2D eigenvalue weighted by molar-refractivity contribution is -0.187. The van der Waals surface area contributed by atoms with Crippen LogP contribution in [0, 0.1) is 11.8 Å². The summed E-state index contributed by atoms with van der Waals surface area (Å²) in [5.74, 6) is 4.06. The average molecular weight is 431 g/mol. The van der Waals surface area contributed by atoms with E-state index in [1.807, 2.05) is 48.5 Å². The van der Waals surface area contributed by atoms with Crippen LogP contribution in [0.15, 0.2) is 48.5 Å². The standard InChI is InChI=1S/C22H23ClN2O5/c1-15(14-26)25(30)22(29)20(27)13-21(28)24-12-2-3-16-4-6-17(7-5-16)18-8-10-19(23)11-9-18/h4-11,15,20,26-27,30H,12-14H2,1H3,(H,24,28)/t15-,20-/m0/s1. The number of aliphatic hydroxyl groups excluding tert-OH is 2. The van der Waals surface area contributed by atoms with Gasteiger partial charge in [0.2, 0.25) is 5.91 Å². The summed E-state index contributed by atoms with van der Waals surface area (Å²) in [6.07, 6.45) is -2.23. The van der Waals surface area contributed by atoms with Crippen LogP contribution in [0.1, 0.15) is 18.9 Å². The van der Waals surface area contributed by atoms with E-state index in [1.165, 1.54) is 6.92 Å². The van der Waals surface area contributed by atoms with Gasteiger partial charge in [0.05, 0.1) is 25.6 Å². The lowest BCUT2D eigenvalue weighted by atomic mass is 10.0. The molecule has 0 radical (unpaired) electrons. The van der Waals surface area contributed by atoms with Gasteiger partial charge in [-0.15, -0.1) is 0 Å². The van der Waals surface area contributed by atoms with Crippen LogP contribution in [0.25, 0.3) is 11.1 Å². The minimum atomic E-state index is -1.71. The summed E-state index contributed by atoms with van der Waals surface area (Å²) in [6, 6.07) is 14.2. The van der Waals surface area contributed by atoms with Crippen molar-refractivity contribution in [3.8, 4) is 23.0 Å². The van der Waals surface area contributed by atoms with E-state index in [0.29, 0.717) is 5.02 Å². The van der Waals surface area contributed by atoms with Crippen molar-refractivity contribution in [2.75, 3.05) is 13.2 Å². The number of hydrogen-bond acceptors (Lipinski definition) is 5. The van der Waals surface area contributed by atoms with Crippen molar-refractivity contribution in [2.24, 2.45) is 0 Å². The number of benzene rings is 2. The van der Waals surface area contributed by atoms with E-state index in [2.05, 4.69) is 17.2 Å². The van der Waals surface area contributed by atoms with Gasteiger partial charge in [0.25, 0.3) is 5.91 Å². The molecule has 7 nitrogen and oxygen atoms in total. The fraction of sp³-hybridized carbons (Fsp3) is 0.273. The third-order valence-electron chi connectivity index (χ3n) is 4.24. The number of hydroxylamine groups is 2. The van der Waals surface area contributed by atoms with Crippen molar-refractivity contribution >= 4 is 23.4 Å². The second-order valence-corrected chi connectivity index (χ2v) is 7.03. The number of aliphatic hydroxyl groups is 2. The second kappa shape index (κ2) is 11.3. The molecule has 30 heavy (non-hydrogen) atoms. The lowest BCUT2D eigenvalue weighted by Crippen LogP contribution is -2.45. The fourth-order valence-corrected chi connectivity index (χ4v) is 2.59. The Morgan fingerprint density at radius 2 is 1.67 bits per heavy atom. The molecule has 158 valence electrons. The van der Waals surface area contributed by atoms with Gasteiger partial charge in [-0.3, -0.25) is 14.8 Å². The molecule has 0 aliphatic rings. The molecule has 0 heterocycles. The maximum absolute atomic E-state index is 11.8. The molecule has 0 fully saturated rings. The zero-order valence-electron chi connectivity index (χ0n) is 16.4. The van der Waals surface area contributed by atoms with E-state index in [9.17, 15) is 19.9 Å². The third kappa shape index (κ3) is 6.87. The second-order valence-electron chi connectivity index (χ2n) is 6.60. The van der Waals surface area contributed by atoms with Gasteiger partial charge in [0, 0.05) is 10.6 Å². The van der Waals surface area contributed by atoms with Crippen LogP contribution < -0.4 is 5.32 Å². The first-order valence-electron chi connectivity index (χ1n) is 9.24. The first-order valence-corrected chi connectivity index (χ1v) is 9.62. The molecule has 0 saturated carbocycles. The lowest BCUT2D eigenvalue weighted by Gasteiger charge is -2.22. The quantitative estimate of drug-likeness (QED) is 0.304. The average Bonchev–Trinajstić information content (AvgIpc) is 2.76. The van der Waals surface area contributed by atoms with Crippen molar-refractivity contribution in [1.29, 1.82) is 0 Å². The van der Waals surface area contributed by atoms with Crippen LogP contribution in [-0.2, 0) is 9.59 Å². The van der Waals surface area contributed by atoms with Crippen LogP contribution >= 0.6 is 11.6 Å². The van der Waals surface area contributed by atoms with Crippen LogP contribution in [0.2, 0.25) is 5.02 Å². The van der Waals surface area contributed by atoms with Crippen molar-refractivity contribution in [3.63, 3.8) is 0 Å². The molecule has 0 saturated heterocycles. The molecule has 2 aromatic rings. The van der Waals surface area contributed by atoms with Gasteiger partial charge in [0.15, 0.2) is 0 Å². The predicted octanol–water partition coefficient (Wildman–Crippen LogP) is 1.82. The van der Waals surface area contributed by atoms with Crippen LogP contribution in [-0.4, -0.2) is 57.6 Å². The molecule has 2 rings (SSSR count). The first kappa shape index (κ1) is 23.4. The normalized spacial score (nSPS) is 12.3. The number of amides is 2. The molecular formula is C22H23ClN2O5. The topological polar surface area (TPSA) is 110 Å². The molecule has 2 amide bonds. The number of nitrogens with one attached hydrogen (secondary N) is 1. The highest BCUT2D eigenvalue weighted by atomic mass is 35.5. The Hall–Kier alpha value is -2.89. The highest BCUT2D eigenvalue weighted by Gasteiger charge is 2.26. The SMILES string of the molecule is C[C@@H](CO)N(O)C(=O)[C@@H](O)CC(=O)NCC#Cc1ccc(-c2ccc(Cl)cc2)cc1. The van der Waals surface area contributed by atoms with Crippen LogP contribution in [0.4, 0.5) is 0 Å². The molecule has 0 unspecified atom stereocenters. The smallest absolute Gasteiger partial charge is 0.275 e. The molecule has 0 bridgehead atoms. The number of nitrogens with zero attached hydrogens (tertiary/aromatic N) is 1. The number of hydrogen-bond donors (Lipinski definition) is 4. The van der Waals surface area contributed by atoms with Crippen LogP contribution in [0.5, 0.6) is 0 Å². The van der Waals surface area contributed by atoms with Crippen molar-refractivity contribution in [3.05, 3.63) is 59.1 Å². The van der Waals surface area contributed by atoms with Gasteiger partial charge in [-0.05, 0) is 42.3 Å². The minimum Gasteiger partial charge on any atom is -0.394 e. The maximum atomic E-state index is 11.8. The number of halogens is 1. The maximum Gasteiger partial charge on any atom is 0.275 e. The van der Waals surface area contributed by atoms with E-state index >= 15 is 0 Å². The van der Waals surface area contributed by atoms with E-state index in [4.69, 9.17) is 16.7 Å². The minimum absolute atomic E-state index is 0.0363. The van der Waals surface area contributed by atoms with E-state index in [1.54, 1.807) is 0 Å². The fourth-order valence-electron chi connectivity index (χ4n) is 2.46. The van der Waals surface area contributed by atoms with Crippen LogP contribution in [0.3, 0.4) is 0 Å². The van der Waals surface area contributed by atoms with Gasteiger partial charge in [0.1, 0.15) is 6.10 Å². The number of carbonyl (C=O) groups excluding carboxylic acids is 2. The molecule has 2 aromatic carbocycles. The summed E-state index contributed by atoms with van der Waals surface area (Å²) < 4.78 is 0. The van der Waals surface area contributed by atoms with Crippen molar-refractivity contribution in [1.82, 2.24) is 10.4 Å². The Morgan fingerprint density at radius 1 is 1.10 bits per heavy atom. The third-order valence-corrected chi connectivity index (χ3v) is 4.49. The summed E-state index contributed by atoms with van der Waals surface area (Å²) in [5.41, 5.74) is 2.83. The predicted molar refractivity (Wildman–Crippen MR) is 113 cm³/mol. The molecule has 0 aromatic heterocycles. The summed E-state index contributed by atoms with van der Waals surface area (Å²) in [7, 11) is 0. The molecule has 2 atom stereocenters. The Morgan fingerprint density at radius 3 is 2.23 bits per heavy atom. The summed E-state index contributed by atoms with van der Waals surface area (Å²) >= 11 is 5.89. The molecule has 0 aliphatic carbocycles. The van der Waals surface area contributed by atoms with Gasteiger partial charge < -0.3 is 15.5 Å². The summed E-state index contributed by atoms with van der Waals surface area (Å²) in [5, 5.41) is 31.5. The zero-order chi connectivity index (χ0) is 22.1. The molecule has 4 N–H and O–H groups in total. The van der Waals surface area contributed by atoms with Gasteiger partial charge in [-0.1, -0.05) is 47.7 Å². The zero-order valence-corrected chi connectivity index (χ0v) is 17.1. The largest absolute Gasteiger partial charge is 0.394 e. The monoisotopic (exact) mass is 430 g/mol. The van der Waals surface area contributed by atoms with Gasteiger partial charge >= 0.3 is 0 Å². The Balaban J connectivity index is 1.82. The highest BCUT2D eigenvalue weighted by Crippen LogP contribution is 2.21. The summed E-state index contributed by atoms with van der Waals surface area (Å²) in [6.45, 7) is 0.953. The molecule has 8 heteroatoms. The van der Waals surface area contributed by atoms with E-state index < -0.39 is 37.0 Å².